The third-order valence-corrected chi connectivity index (χ3v) is 10.4. The molecular formula is C53H42N8. The number of imidazole rings is 1. The lowest BCUT2D eigenvalue weighted by Crippen LogP contribution is -2.08. The molecule has 0 N–H and O–H groups in total. The topological polar surface area (TPSA) is 93.6 Å². The largest absolute Gasteiger partial charge is 0.292 e. The minimum Gasteiger partial charge on any atom is -0.292 e. The first-order chi connectivity index (χ1) is 30.0. The maximum absolute atomic E-state index is 5.24. The van der Waals surface area contributed by atoms with Gasteiger partial charge < -0.3 is 0 Å². The van der Waals surface area contributed by atoms with Gasteiger partial charge in [0.2, 0.25) is 0 Å². The van der Waals surface area contributed by atoms with Crippen LogP contribution in [0.25, 0.3) is 62.3 Å². The van der Waals surface area contributed by atoms with Gasteiger partial charge in [0.25, 0.3) is 0 Å². The summed E-state index contributed by atoms with van der Waals surface area (Å²) in [5, 5.41) is 0. The minimum absolute atomic E-state index is 0.391. The molecule has 0 atom stereocenters. The highest BCUT2D eigenvalue weighted by molar-refractivity contribution is 6.13. The van der Waals surface area contributed by atoms with E-state index in [-0.39, 0.29) is 0 Å². The first-order valence-corrected chi connectivity index (χ1v) is 20.3. The van der Waals surface area contributed by atoms with Crippen molar-refractivity contribution >= 4 is 29.4 Å². The van der Waals surface area contributed by atoms with E-state index in [9.17, 15) is 0 Å². The zero-order chi connectivity index (χ0) is 41.5. The summed E-state index contributed by atoms with van der Waals surface area (Å²) in [5.41, 5.74) is 10.0. The van der Waals surface area contributed by atoms with Gasteiger partial charge in [-0.2, -0.15) is 0 Å². The molecule has 9 aromatic rings. The molecule has 9 rings (SSSR count). The summed E-state index contributed by atoms with van der Waals surface area (Å²) in [6.07, 6.45) is 0. The highest BCUT2D eigenvalue weighted by Gasteiger charge is 2.20. The minimum atomic E-state index is 0.391. The maximum atomic E-state index is 5.24. The molecule has 0 aliphatic heterocycles. The van der Waals surface area contributed by atoms with Crippen LogP contribution < -0.4 is 0 Å². The summed E-state index contributed by atoms with van der Waals surface area (Å²) in [4.78, 5) is 35.3. The molecular weight excluding hydrogens is 749 g/mol. The molecule has 0 aliphatic carbocycles. The number of nitrogens with zero attached hydrogens (tertiary/aromatic N) is 8. The quantitative estimate of drug-likeness (QED) is 0.102. The van der Waals surface area contributed by atoms with Gasteiger partial charge in [0, 0.05) is 39.1 Å². The number of benzene rings is 7. The zero-order valence-corrected chi connectivity index (χ0v) is 34.0. The van der Waals surface area contributed by atoms with Crippen molar-refractivity contribution in [1.82, 2.24) is 24.5 Å². The van der Waals surface area contributed by atoms with Crippen molar-refractivity contribution in [3.63, 3.8) is 0 Å². The molecule has 2 aromatic heterocycles. The predicted octanol–water partition coefficient (Wildman–Crippen LogP) is 12.1. The average molecular weight is 791 g/mol. The van der Waals surface area contributed by atoms with Crippen molar-refractivity contribution in [2.45, 2.75) is 26.3 Å². The first kappa shape index (κ1) is 38.5. The maximum Gasteiger partial charge on any atom is 0.164 e. The molecule has 0 saturated carbocycles. The Labute approximate surface area is 355 Å². The van der Waals surface area contributed by atoms with Gasteiger partial charge in [-0.3, -0.25) is 9.56 Å². The second-order valence-electron chi connectivity index (χ2n) is 14.9. The predicted molar refractivity (Wildman–Crippen MR) is 249 cm³/mol. The van der Waals surface area contributed by atoms with Gasteiger partial charge >= 0.3 is 0 Å². The summed E-state index contributed by atoms with van der Waals surface area (Å²) < 4.78 is 2.20. The molecule has 0 spiro atoms. The van der Waals surface area contributed by atoms with Crippen LogP contribution >= 0.6 is 0 Å². The van der Waals surface area contributed by atoms with E-state index in [1.54, 1.807) is 0 Å². The Balaban J connectivity index is 1.33. The van der Waals surface area contributed by atoms with Crippen molar-refractivity contribution in [3.05, 3.63) is 210 Å². The lowest BCUT2D eigenvalue weighted by Gasteiger charge is -2.15. The van der Waals surface area contributed by atoms with E-state index in [1.807, 2.05) is 127 Å². The number of rotatable bonds is 10. The van der Waals surface area contributed by atoms with Crippen LogP contribution in [0.3, 0.4) is 0 Å². The highest BCUT2D eigenvalue weighted by atomic mass is 15.1. The Kier molecular flexibility index (Phi) is 11.0. The van der Waals surface area contributed by atoms with Crippen LogP contribution in [0, 0.1) is 0 Å². The Bertz CT molecular complexity index is 2950. The van der Waals surface area contributed by atoms with Crippen molar-refractivity contribution in [3.8, 4) is 51.2 Å². The standard InChI is InChI=1S/C53H42N8/c1-36(2)38-28-30-42(31-29-38)53-56-46-26-16-17-27-47(46)61(53)45-33-43(49(55-35-37-18-8-4-9-19-37)57-48(54-3)39-20-10-5-11-21-39)32-44(34-45)52-59-50(40-22-12-6-13-23-40)58-51(60-52)41-24-14-7-15-25-41/h4-34,36H,3,35H2,1-2H3/b55-49-,57-48-. The lowest BCUT2D eigenvalue weighted by molar-refractivity contribution is 0.867. The molecule has 0 unspecified atom stereocenters. The van der Waals surface area contributed by atoms with E-state index in [1.165, 1.54) is 5.56 Å². The Morgan fingerprint density at radius 1 is 0.525 bits per heavy atom. The number of hydrogen-bond acceptors (Lipinski definition) is 5. The summed E-state index contributed by atoms with van der Waals surface area (Å²) >= 11 is 0. The van der Waals surface area contributed by atoms with Crippen molar-refractivity contribution < 1.29 is 0 Å². The summed E-state index contributed by atoms with van der Waals surface area (Å²) in [6.45, 7) is 8.72. The zero-order valence-electron chi connectivity index (χ0n) is 34.0. The Morgan fingerprint density at radius 3 is 1.69 bits per heavy atom. The molecule has 7 aromatic carbocycles. The molecule has 0 bridgehead atoms. The third-order valence-electron chi connectivity index (χ3n) is 10.4. The molecule has 61 heavy (non-hydrogen) atoms. The van der Waals surface area contributed by atoms with Crippen molar-refractivity contribution in [2.24, 2.45) is 15.0 Å². The fraction of sp³-hybridized carbons (Fsp3) is 0.0755. The van der Waals surface area contributed by atoms with Gasteiger partial charge in [-0.1, -0.05) is 172 Å². The number of para-hydroxylation sites is 2. The Hall–Kier alpha value is -7.97. The number of aromatic nitrogens is 5. The van der Waals surface area contributed by atoms with Gasteiger partial charge in [-0.05, 0) is 54.1 Å². The van der Waals surface area contributed by atoms with E-state index in [0.29, 0.717) is 41.6 Å². The van der Waals surface area contributed by atoms with Crippen LogP contribution in [-0.4, -0.2) is 42.9 Å². The molecule has 0 radical (unpaired) electrons. The van der Waals surface area contributed by atoms with Crippen molar-refractivity contribution in [2.75, 3.05) is 0 Å². The van der Waals surface area contributed by atoms with E-state index < -0.39 is 0 Å². The van der Waals surface area contributed by atoms with Gasteiger partial charge in [0.05, 0.1) is 17.6 Å². The second kappa shape index (κ2) is 17.5. The normalized spacial score (nSPS) is 11.9. The monoisotopic (exact) mass is 790 g/mol. The SMILES string of the molecule is C=N/C(=N\C(=N/Cc1ccccc1)c1cc(-c2nc(-c3ccccc3)nc(-c3ccccc3)n2)cc(-n2c(-c3ccc(C(C)C)cc3)nc3ccccc32)c1)c1ccccc1. The van der Waals surface area contributed by atoms with E-state index >= 15 is 0 Å². The summed E-state index contributed by atoms with van der Waals surface area (Å²) in [5.74, 6) is 3.76. The summed E-state index contributed by atoms with van der Waals surface area (Å²) in [6, 6.07) is 63.2. The first-order valence-electron chi connectivity index (χ1n) is 20.3. The van der Waals surface area contributed by atoms with Gasteiger partial charge in [-0.25, -0.2) is 29.9 Å². The lowest BCUT2D eigenvalue weighted by atomic mass is 10.0. The molecule has 2 heterocycles. The van der Waals surface area contributed by atoms with Crippen LogP contribution in [0.1, 0.15) is 42.0 Å². The van der Waals surface area contributed by atoms with Crippen LogP contribution in [0.2, 0.25) is 0 Å². The number of fused-ring (bicyclic) bond motifs is 1. The molecule has 294 valence electrons. The molecule has 0 fully saturated rings. The second-order valence-corrected chi connectivity index (χ2v) is 14.9. The van der Waals surface area contributed by atoms with Gasteiger partial charge in [0.1, 0.15) is 5.82 Å². The van der Waals surface area contributed by atoms with Crippen LogP contribution in [0.15, 0.2) is 203 Å². The molecule has 0 saturated heterocycles. The van der Waals surface area contributed by atoms with Gasteiger partial charge in [0.15, 0.2) is 29.1 Å². The number of hydrogen-bond donors (Lipinski definition) is 0. The smallest absolute Gasteiger partial charge is 0.164 e. The fourth-order valence-electron chi connectivity index (χ4n) is 7.25. The van der Waals surface area contributed by atoms with Crippen LogP contribution in [-0.2, 0) is 6.54 Å². The molecule has 8 nitrogen and oxygen atoms in total. The third kappa shape index (κ3) is 8.47. The number of amidine groups is 2. The summed E-state index contributed by atoms with van der Waals surface area (Å²) in [7, 11) is 0. The molecule has 0 amide bonds. The molecule has 8 heteroatoms. The molecule has 0 aliphatic rings. The van der Waals surface area contributed by atoms with Crippen LogP contribution in [0.5, 0.6) is 0 Å². The highest BCUT2D eigenvalue weighted by Crippen LogP contribution is 2.33. The van der Waals surface area contributed by atoms with E-state index in [2.05, 4.69) is 90.8 Å². The van der Waals surface area contributed by atoms with Gasteiger partial charge in [-0.15, -0.1) is 0 Å². The van der Waals surface area contributed by atoms with Crippen LogP contribution in [0.4, 0.5) is 0 Å². The Morgan fingerprint density at radius 2 is 1.08 bits per heavy atom. The number of aliphatic imine (C=N–C) groups is 3. The van der Waals surface area contributed by atoms with E-state index in [4.69, 9.17) is 29.9 Å². The van der Waals surface area contributed by atoms with E-state index in [0.717, 1.165) is 61.5 Å². The fourth-order valence-corrected chi connectivity index (χ4v) is 7.25. The van der Waals surface area contributed by atoms with Crippen molar-refractivity contribution in [1.29, 1.82) is 0 Å². The average Bonchev–Trinajstić information content (AvgIpc) is 3.72.